The highest BCUT2D eigenvalue weighted by Gasteiger charge is 2.34. The third-order valence-corrected chi connectivity index (χ3v) is 3.88. The van der Waals surface area contributed by atoms with E-state index < -0.39 is 23.7 Å². The van der Waals surface area contributed by atoms with Crippen molar-refractivity contribution in [3.05, 3.63) is 33.8 Å². The number of carbonyl (C=O) groups is 1. The zero-order valence-corrected chi connectivity index (χ0v) is 11.8. The van der Waals surface area contributed by atoms with Gasteiger partial charge in [-0.3, -0.25) is 4.79 Å². The Balaban J connectivity index is 2.37. The lowest BCUT2D eigenvalue weighted by Crippen LogP contribution is -2.34. The van der Waals surface area contributed by atoms with E-state index in [1.165, 1.54) is 11.0 Å². The van der Waals surface area contributed by atoms with Crippen LogP contribution in [0.3, 0.4) is 0 Å². The number of halogens is 4. The molecule has 1 atom stereocenters. The molecule has 1 amide bonds. The minimum absolute atomic E-state index is 0.0676. The fourth-order valence-corrected chi connectivity index (χ4v) is 2.58. The average Bonchev–Trinajstić information content (AvgIpc) is 2.85. The molecule has 1 heterocycles. The van der Waals surface area contributed by atoms with E-state index in [0.717, 1.165) is 12.1 Å². The summed E-state index contributed by atoms with van der Waals surface area (Å²) >= 11 is 3.09. The summed E-state index contributed by atoms with van der Waals surface area (Å²) in [5.41, 5.74) is -0.946. The number of nitriles is 1. The van der Waals surface area contributed by atoms with Crippen molar-refractivity contribution in [1.29, 1.82) is 5.26 Å². The number of nitrogens with zero attached hydrogens (tertiary/aromatic N) is 2. The molecule has 0 radical (unpaired) electrons. The first-order chi connectivity index (χ1) is 9.34. The summed E-state index contributed by atoms with van der Waals surface area (Å²) in [6.45, 7) is 0.389. The quantitative estimate of drug-likeness (QED) is 0.779. The summed E-state index contributed by atoms with van der Waals surface area (Å²) in [5.74, 6) is -0.549. The Morgan fingerprint density at radius 1 is 1.45 bits per heavy atom. The summed E-state index contributed by atoms with van der Waals surface area (Å²) in [7, 11) is 0. The molecule has 20 heavy (non-hydrogen) atoms. The van der Waals surface area contributed by atoms with Gasteiger partial charge in [-0.05, 0) is 47.0 Å². The first kappa shape index (κ1) is 14.9. The summed E-state index contributed by atoms with van der Waals surface area (Å²) in [4.78, 5) is 13.6. The lowest BCUT2D eigenvalue weighted by atomic mass is 10.1. The first-order valence-electron chi connectivity index (χ1n) is 5.92. The Morgan fingerprint density at radius 2 is 2.15 bits per heavy atom. The molecule has 0 spiro atoms. The third-order valence-electron chi connectivity index (χ3n) is 3.19. The maximum Gasteiger partial charge on any atom is 0.416 e. The number of carbonyl (C=O) groups excluding carboxylic acids is 1. The molecule has 1 unspecified atom stereocenters. The normalized spacial score (nSPS) is 18.9. The fourth-order valence-electron chi connectivity index (χ4n) is 2.16. The van der Waals surface area contributed by atoms with Crippen LogP contribution in [0.2, 0.25) is 0 Å². The Bertz CT molecular complexity index is 580. The molecule has 0 bridgehead atoms. The van der Waals surface area contributed by atoms with Gasteiger partial charge in [0.05, 0.1) is 17.2 Å². The molecule has 1 saturated heterocycles. The van der Waals surface area contributed by atoms with Gasteiger partial charge in [-0.25, -0.2) is 0 Å². The van der Waals surface area contributed by atoms with Gasteiger partial charge in [-0.15, -0.1) is 0 Å². The van der Waals surface area contributed by atoms with E-state index in [-0.39, 0.29) is 5.56 Å². The van der Waals surface area contributed by atoms with E-state index in [0.29, 0.717) is 23.9 Å². The lowest BCUT2D eigenvalue weighted by molar-refractivity contribution is -0.137. The van der Waals surface area contributed by atoms with Crippen LogP contribution < -0.4 is 0 Å². The predicted molar refractivity (Wildman–Crippen MR) is 68.8 cm³/mol. The average molecular weight is 347 g/mol. The monoisotopic (exact) mass is 346 g/mol. The second-order valence-electron chi connectivity index (χ2n) is 4.48. The van der Waals surface area contributed by atoms with Crippen LogP contribution in [0.5, 0.6) is 0 Å². The van der Waals surface area contributed by atoms with E-state index in [1.807, 2.05) is 6.07 Å². The number of hydrogen-bond donors (Lipinski definition) is 0. The van der Waals surface area contributed by atoms with Gasteiger partial charge in [-0.2, -0.15) is 18.4 Å². The largest absolute Gasteiger partial charge is 0.416 e. The molecule has 1 fully saturated rings. The van der Waals surface area contributed by atoms with E-state index in [9.17, 15) is 18.0 Å². The van der Waals surface area contributed by atoms with Crippen molar-refractivity contribution in [1.82, 2.24) is 4.90 Å². The minimum atomic E-state index is -4.50. The maximum atomic E-state index is 12.7. The lowest BCUT2D eigenvalue weighted by Gasteiger charge is -2.20. The van der Waals surface area contributed by atoms with E-state index in [1.54, 1.807) is 0 Å². The summed E-state index contributed by atoms with van der Waals surface area (Å²) in [5, 5.41) is 8.95. The van der Waals surface area contributed by atoms with Crippen LogP contribution in [-0.2, 0) is 6.18 Å². The van der Waals surface area contributed by atoms with E-state index in [4.69, 9.17) is 5.26 Å². The zero-order valence-electron chi connectivity index (χ0n) is 10.2. The molecule has 1 aliphatic rings. The minimum Gasteiger partial charge on any atom is -0.323 e. The van der Waals surface area contributed by atoms with Crippen molar-refractivity contribution in [3.63, 3.8) is 0 Å². The van der Waals surface area contributed by atoms with Crippen molar-refractivity contribution in [2.75, 3.05) is 6.54 Å². The van der Waals surface area contributed by atoms with Crippen LogP contribution in [0, 0.1) is 11.3 Å². The van der Waals surface area contributed by atoms with Gasteiger partial charge in [0.25, 0.3) is 5.91 Å². The first-order valence-corrected chi connectivity index (χ1v) is 6.71. The third kappa shape index (κ3) is 2.80. The molecular formula is C13H10BrF3N2O. The fraction of sp³-hybridized carbons (Fsp3) is 0.385. The van der Waals surface area contributed by atoms with Gasteiger partial charge in [-0.1, -0.05) is 0 Å². The number of alkyl halides is 3. The second-order valence-corrected chi connectivity index (χ2v) is 5.33. The van der Waals surface area contributed by atoms with E-state index in [2.05, 4.69) is 15.9 Å². The molecule has 0 aromatic heterocycles. The maximum absolute atomic E-state index is 12.7. The molecule has 106 valence electrons. The summed E-state index contributed by atoms with van der Waals surface area (Å²) in [6, 6.07) is 4.36. The number of amides is 1. The standard InChI is InChI=1S/C13H10BrF3N2O/c14-11-4-3-8(13(15,16)17)6-10(11)12(20)19-5-1-2-9(19)7-18/h3-4,6,9H,1-2,5H2. The number of hydrogen-bond acceptors (Lipinski definition) is 2. The van der Waals surface area contributed by atoms with Gasteiger partial charge < -0.3 is 4.90 Å². The van der Waals surface area contributed by atoms with Gasteiger partial charge in [0.1, 0.15) is 6.04 Å². The zero-order chi connectivity index (χ0) is 14.9. The van der Waals surface area contributed by atoms with E-state index >= 15 is 0 Å². The van der Waals surface area contributed by atoms with Crippen LogP contribution in [0.15, 0.2) is 22.7 Å². The molecule has 0 N–H and O–H groups in total. The molecule has 1 aromatic carbocycles. The Morgan fingerprint density at radius 3 is 2.75 bits per heavy atom. The van der Waals surface area contributed by atoms with Gasteiger partial charge in [0.15, 0.2) is 0 Å². The highest BCUT2D eigenvalue weighted by molar-refractivity contribution is 9.10. The topological polar surface area (TPSA) is 44.1 Å². The Hall–Kier alpha value is -1.55. The summed E-state index contributed by atoms with van der Waals surface area (Å²) < 4.78 is 38.4. The summed E-state index contributed by atoms with van der Waals surface area (Å²) in [6.07, 6.45) is -3.27. The molecule has 3 nitrogen and oxygen atoms in total. The van der Waals surface area contributed by atoms with Crippen molar-refractivity contribution >= 4 is 21.8 Å². The van der Waals surface area contributed by atoms with Crippen LogP contribution in [0.4, 0.5) is 13.2 Å². The molecule has 0 saturated carbocycles. The van der Waals surface area contributed by atoms with Crippen LogP contribution >= 0.6 is 15.9 Å². The predicted octanol–water partition coefficient (Wildman–Crippen LogP) is 3.60. The Labute approximate surface area is 122 Å². The van der Waals surface area contributed by atoms with Crippen LogP contribution in [0.1, 0.15) is 28.8 Å². The van der Waals surface area contributed by atoms with Crippen molar-refractivity contribution < 1.29 is 18.0 Å². The number of rotatable bonds is 1. The number of likely N-dealkylation sites (tertiary alicyclic amines) is 1. The molecular weight excluding hydrogens is 337 g/mol. The van der Waals surface area contributed by atoms with Gasteiger partial charge in [0.2, 0.25) is 0 Å². The molecule has 2 rings (SSSR count). The van der Waals surface area contributed by atoms with Crippen molar-refractivity contribution in [3.8, 4) is 6.07 Å². The van der Waals surface area contributed by atoms with Crippen molar-refractivity contribution in [2.45, 2.75) is 25.1 Å². The second kappa shape index (κ2) is 5.44. The van der Waals surface area contributed by atoms with Gasteiger partial charge >= 0.3 is 6.18 Å². The van der Waals surface area contributed by atoms with Crippen LogP contribution in [-0.4, -0.2) is 23.4 Å². The molecule has 7 heteroatoms. The Kier molecular flexibility index (Phi) is 4.04. The molecule has 1 aliphatic heterocycles. The highest BCUT2D eigenvalue weighted by atomic mass is 79.9. The van der Waals surface area contributed by atoms with Crippen molar-refractivity contribution in [2.24, 2.45) is 0 Å². The smallest absolute Gasteiger partial charge is 0.323 e. The SMILES string of the molecule is N#CC1CCCN1C(=O)c1cc(C(F)(F)F)ccc1Br. The highest BCUT2D eigenvalue weighted by Crippen LogP contribution is 2.33. The van der Waals surface area contributed by atoms with Gasteiger partial charge in [0, 0.05) is 11.0 Å². The van der Waals surface area contributed by atoms with Crippen LogP contribution in [0.25, 0.3) is 0 Å². The molecule has 0 aliphatic carbocycles. The molecule has 1 aromatic rings. The number of benzene rings is 1.